The number of hydrogen-bond donors (Lipinski definition) is 1. The lowest BCUT2D eigenvalue weighted by Crippen LogP contribution is -2.44. The zero-order valence-corrected chi connectivity index (χ0v) is 16.2. The lowest BCUT2D eigenvalue weighted by molar-refractivity contribution is -0.121. The fraction of sp³-hybridized carbons (Fsp3) is 0.130. The third-order valence-corrected chi connectivity index (χ3v) is 4.83. The molecule has 0 aliphatic carbocycles. The van der Waals surface area contributed by atoms with Gasteiger partial charge in [-0.25, -0.2) is 0 Å². The first-order valence-electron chi connectivity index (χ1n) is 9.55. The Labute approximate surface area is 172 Å². The van der Waals surface area contributed by atoms with Crippen molar-refractivity contribution < 1.29 is 4.79 Å². The predicted octanol–water partition coefficient (Wildman–Crippen LogP) is 1.92. The van der Waals surface area contributed by atoms with Crippen molar-refractivity contribution in [2.75, 3.05) is 0 Å². The summed E-state index contributed by atoms with van der Waals surface area (Å²) in [5.74, 6) is -0.355. The first-order valence-corrected chi connectivity index (χ1v) is 9.55. The van der Waals surface area contributed by atoms with Crippen LogP contribution in [0.25, 0.3) is 11.0 Å². The van der Waals surface area contributed by atoms with Crippen molar-refractivity contribution in [2.45, 2.75) is 19.6 Å². The zero-order chi connectivity index (χ0) is 20.9. The number of fused-ring (bicyclic) bond motifs is 1. The molecule has 0 atom stereocenters. The summed E-state index contributed by atoms with van der Waals surface area (Å²) in [6.07, 6.45) is 3.31. The average molecular weight is 400 g/mol. The van der Waals surface area contributed by atoms with Crippen LogP contribution in [0.15, 0.2) is 88.7 Å². The van der Waals surface area contributed by atoms with Crippen LogP contribution in [0.5, 0.6) is 0 Å². The summed E-state index contributed by atoms with van der Waals surface area (Å²) < 4.78 is 2.69. The second-order valence-corrected chi connectivity index (χ2v) is 6.89. The Kier molecular flexibility index (Phi) is 5.52. The molecule has 2 aromatic carbocycles. The van der Waals surface area contributed by atoms with Crippen LogP contribution in [0.4, 0.5) is 0 Å². The van der Waals surface area contributed by atoms with Crippen LogP contribution >= 0.6 is 0 Å². The molecular weight excluding hydrogens is 380 g/mol. The van der Waals surface area contributed by atoms with E-state index in [0.717, 1.165) is 11.1 Å². The molecule has 0 spiro atoms. The molecule has 4 aromatic rings. The van der Waals surface area contributed by atoms with Gasteiger partial charge >= 0.3 is 11.1 Å². The van der Waals surface area contributed by atoms with Gasteiger partial charge in [-0.1, -0.05) is 48.5 Å². The van der Waals surface area contributed by atoms with Crippen LogP contribution in [-0.4, -0.2) is 20.0 Å². The summed E-state index contributed by atoms with van der Waals surface area (Å²) in [4.78, 5) is 42.2. The number of nitrogens with zero attached hydrogens (tertiary/aromatic N) is 3. The zero-order valence-electron chi connectivity index (χ0n) is 16.2. The first-order chi connectivity index (χ1) is 14.6. The maximum atomic E-state index is 12.9. The highest BCUT2D eigenvalue weighted by molar-refractivity contribution is 5.80. The highest BCUT2D eigenvalue weighted by Crippen LogP contribution is 2.12. The minimum atomic E-state index is -0.721. The van der Waals surface area contributed by atoms with Crippen LogP contribution in [0.1, 0.15) is 11.1 Å². The highest BCUT2D eigenvalue weighted by Gasteiger charge is 2.15. The van der Waals surface area contributed by atoms with E-state index < -0.39 is 11.1 Å². The van der Waals surface area contributed by atoms with Gasteiger partial charge < -0.3 is 5.32 Å². The normalized spacial score (nSPS) is 10.8. The molecule has 0 aliphatic heterocycles. The van der Waals surface area contributed by atoms with Crippen LogP contribution in [0, 0.1) is 0 Å². The number of rotatable bonds is 6. The maximum absolute atomic E-state index is 12.9. The Balaban J connectivity index is 1.67. The van der Waals surface area contributed by atoms with Crippen LogP contribution in [0.2, 0.25) is 0 Å². The van der Waals surface area contributed by atoms with Gasteiger partial charge in [0.05, 0.1) is 17.6 Å². The molecule has 150 valence electrons. The van der Waals surface area contributed by atoms with E-state index in [2.05, 4.69) is 10.3 Å². The molecule has 0 fully saturated rings. The highest BCUT2D eigenvalue weighted by atomic mass is 16.2. The van der Waals surface area contributed by atoms with Crippen molar-refractivity contribution in [1.82, 2.24) is 19.4 Å². The van der Waals surface area contributed by atoms with E-state index in [9.17, 15) is 14.4 Å². The number of benzene rings is 2. The second kappa shape index (κ2) is 8.57. The van der Waals surface area contributed by atoms with Crippen LogP contribution in [0.3, 0.4) is 0 Å². The minimum Gasteiger partial charge on any atom is -0.350 e. The molecule has 7 nitrogen and oxygen atoms in total. The second-order valence-electron chi connectivity index (χ2n) is 6.89. The van der Waals surface area contributed by atoms with Crippen molar-refractivity contribution in [3.8, 4) is 0 Å². The van der Waals surface area contributed by atoms with Gasteiger partial charge in [0.1, 0.15) is 6.54 Å². The third kappa shape index (κ3) is 4.05. The Morgan fingerprint density at radius 2 is 1.43 bits per heavy atom. The van der Waals surface area contributed by atoms with Gasteiger partial charge in [0.15, 0.2) is 0 Å². The molecular formula is C23H20N4O3. The number of carbonyl (C=O) groups excluding carboxylic acids is 1. The first kappa shape index (κ1) is 19.3. The summed E-state index contributed by atoms with van der Waals surface area (Å²) in [7, 11) is 0. The van der Waals surface area contributed by atoms with Crippen molar-refractivity contribution in [1.29, 1.82) is 0 Å². The number of para-hydroxylation sites is 2. The molecule has 0 unspecified atom stereocenters. The average Bonchev–Trinajstić information content (AvgIpc) is 2.79. The molecule has 0 radical (unpaired) electrons. The summed E-state index contributed by atoms with van der Waals surface area (Å²) >= 11 is 0. The van der Waals surface area contributed by atoms with E-state index in [0.29, 0.717) is 17.6 Å². The van der Waals surface area contributed by atoms with Crippen molar-refractivity contribution in [3.63, 3.8) is 0 Å². The SMILES string of the molecule is O=C(Cn1c(=O)c(=O)n(Cc2ccccc2)c2ccccc21)NCc1cccnc1. The molecule has 7 heteroatoms. The van der Waals surface area contributed by atoms with Crippen molar-refractivity contribution in [3.05, 3.63) is 111 Å². The predicted molar refractivity (Wildman–Crippen MR) is 114 cm³/mol. The van der Waals surface area contributed by atoms with E-state index >= 15 is 0 Å². The van der Waals surface area contributed by atoms with Gasteiger partial charge in [-0.15, -0.1) is 0 Å². The van der Waals surface area contributed by atoms with Crippen LogP contribution < -0.4 is 16.4 Å². The molecule has 1 N–H and O–H groups in total. The quantitative estimate of drug-likeness (QED) is 0.501. The monoisotopic (exact) mass is 400 g/mol. The molecule has 2 aromatic heterocycles. The third-order valence-electron chi connectivity index (χ3n) is 4.83. The summed E-state index contributed by atoms with van der Waals surface area (Å²) in [6, 6.07) is 20.2. The molecule has 0 saturated carbocycles. The summed E-state index contributed by atoms with van der Waals surface area (Å²) in [5, 5.41) is 2.77. The Hall–Kier alpha value is -4.00. The van der Waals surface area contributed by atoms with Gasteiger partial charge in [0.2, 0.25) is 5.91 Å². The largest absolute Gasteiger partial charge is 0.350 e. The van der Waals surface area contributed by atoms with Crippen molar-refractivity contribution in [2.24, 2.45) is 0 Å². The molecule has 4 rings (SSSR count). The van der Waals surface area contributed by atoms with E-state index in [4.69, 9.17) is 0 Å². The van der Waals surface area contributed by atoms with Gasteiger partial charge in [-0.05, 0) is 29.3 Å². The fourth-order valence-corrected chi connectivity index (χ4v) is 3.35. The van der Waals surface area contributed by atoms with E-state index in [1.807, 2.05) is 36.4 Å². The van der Waals surface area contributed by atoms with Crippen LogP contribution in [-0.2, 0) is 24.4 Å². The Morgan fingerprint density at radius 1 is 0.800 bits per heavy atom. The number of pyridine rings is 1. The van der Waals surface area contributed by atoms with Gasteiger partial charge in [0, 0.05) is 18.9 Å². The number of hydrogen-bond acceptors (Lipinski definition) is 4. The maximum Gasteiger partial charge on any atom is 0.317 e. The van der Waals surface area contributed by atoms with Crippen molar-refractivity contribution >= 4 is 16.9 Å². The topological polar surface area (TPSA) is 86.0 Å². The van der Waals surface area contributed by atoms with E-state index in [1.54, 1.807) is 42.7 Å². The van der Waals surface area contributed by atoms with Gasteiger partial charge in [0.25, 0.3) is 0 Å². The lowest BCUT2D eigenvalue weighted by Gasteiger charge is -2.15. The molecule has 0 bridgehead atoms. The molecule has 0 saturated heterocycles. The van der Waals surface area contributed by atoms with E-state index in [-0.39, 0.29) is 19.0 Å². The Bertz CT molecular complexity index is 1300. The van der Waals surface area contributed by atoms with Gasteiger partial charge in [-0.2, -0.15) is 0 Å². The molecule has 30 heavy (non-hydrogen) atoms. The van der Waals surface area contributed by atoms with E-state index in [1.165, 1.54) is 9.13 Å². The fourth-order valence-electron chi connectivity index (χ4n) is 3.35. The molecule has 2 heterocycles. The number of carbonyl (C=O) groups is 1. The van der Waals surface area contributed by atoms with Gasteiger partial charge in [-0.3, -0.25) is 28.5 Å². The standard InChI is InChI=1S/C23H20N4O3/c28-21(25-14-18-9-6-12-24-13-18)16-27-20-11-5-4-10-19(20)26(22(29)23(27)30)15-17-7-2-1-3-8-17/h1-13H,14-16H2,(H,25,28). The number of aromatic nitrogens is 3. The summed E-state index contributed by atoms with van der Waals surface area (Å²) in [6.45, 7) is 0.342. The molecule has 0 aliphatic rings. The number of nitrogens with one attached hydrogen (secondary N) is 1. The minimum absolute atomic E-state index is 0.235. The Morgan fingerprint density at radius 3 is 2.13 bits per heavy atom. The number of amides is 1. The molecule has 1 amide bonds. The smallest absolute Gasteiger partial charge is 0.317 e. The lowest BCUT2D eigenvalue weighted by atomic mass is 10.2. The summed E-state index contributed by atoms with van der Waals surface area (Å²) in [5.41, 5.74) is 1.52.